The average molecular weight is 274 g/mol. The number of hydrogen-bond acceptors (Lipinski definition) is 2. The molecule has 0 saturated carbocycles. The van der Waals surface area contributed by atoms with Gasteiger partial charge < -0.3 is 15.4 Å². The number of rotatable bonds is 5. The number of nitrogens with one attached hydrogen (secondary N) is 2. The van der Waals surface area contributed by atoms with E-state index in [1.807, 2.05) is 32.0 Å². The molecule has 1 heterocycles. The zero-order valence-electron chi connectivity index (χ0n) is 11.6. The van der Waals surface area contributed by atoms with E-state index in [0.29, 0.717) is 12.0 Å². The molecule has 20 heavy (non-hydrogen) atoms. The average Bonchev–Trinajstić information content (AvgIpc) is 2.75. The maximum atomic E-state index is 11.6. The number of hydrogen-bond donors (Lipinski definition) is 3. The molecule has 1 amide bonds. The SMILES string of the molecule is CCCC(=O)NCc1c(C(=O)O)[nH]c2ccc(C)cc12. The normalized spacial score (nSPS) is 10.7. The zero-order chi connectivity index (χ0) is 14.7. The van der Waals surface area contributed by atoms with Crippen LogP contribution in [0.2, 0.25) is 0 Å². The first-order valence-corrected chi connectivity index (χ1v) is 6.64. The summed E-state index contributed by atoms with van der Waals surface area (Å²) in [4.78, 5) is 25.8. The van der Waals surface area contributed by atoms with Gasteiger partial charge in [0.2, 0.25) is 5.91 Å². The number of carbonyl (C=O) groups excluding carboxylic acids is 1. The fraction of sp³-hybridized carbons (Fsp3) is 0.333. The Morgan fingerprint density at radius 1 is 1.35 bits per heavy atom. The molecule has 0 aliphatic rings. The van der Waals surface area contributed by atoms with E-state index in [9.17, 15) is 14.7 Å². The van der Waals surface area contributed by atoms with Crippen LogP contribution in [0.5, 0.6) is 0 Å². The lowest BCUT2D eigenvalue weighted by atomic mass is 10.1. The lowest BCUT2D eigenvalue weighted by Gasteiger charge is -2.05. The summed E-state index contributed by atoms with van der Waals surface area (Å²) in [6, 6.07) is 5.71. The highest BCUT2D eigenvalue weighted by molar-refractivity contribution is 5.97. The van der Waals surface area contributed by atoms with Crippen molar-refractivity contribution in [2.75, 3.05) is 0 Å². The highest BCUT2D eigenvalue weighted by Crippen LogP contribution is 2.23. The van der Waals surface area contributed by atoms with E-state index < -0.39 is 5.97 Å². The van der Waals surface area contributed by atoms with Crippen molar-refractivity contribution in [2.45, 2.75) is 33.2 Å². The highest BCUT2D eigenvalue weighted by atomic mass is 16.4. The van der Waals surface area contributed by atoms with Crippen LogP contribution in [0.1, 0.15) is 41.4 Å². The summed E-state index contributed by atoms with van der Waals surface area (Å²) in [5, 5.41) is 12.9. The summed E-state index contributed by atoms with van der Waals surface area (Å²) >= 11 is 0. The molecule has 106 valence electrons. The molecule has 2 rings (SSSR count). The van der Waals surface area contributed by atoms with Crippen molar-refractivity contribution in [2.24, 2.45) is 0 Å². The van der Waals surface area contributed by atoms with Crippen molar-refractivity contribution < 1.29 is 14.7 Å². The van der Waals surface area contributed by atoms with Crippen LogP contribution in [0.15, 0.2) is 18.2 Å². The van der Waals surface area contributed by atoms with E-state index >= 15 is 0 Å². The predicted octanol–water partition coefficient (Wildman–Crippen LogP) is 2.59. The number of aromatic carboxylic acids is 1. The fourth-order valence-corrected chi connectivity index (χ4v) is 2.23. The molecule has 1 aromatic heterocycles. The highest BCUT2D eigenvalue weighted by Gasteiger charge is 2.17. The van der Waals surface area contributed by atoms with Gasteiger partial charge in [-0.2, -0.15) is 0 Å². The quantitative estimate of drug-likeness (QED) is 0.783. The number of fused-ring (bicyclic) bond motifs is 1. The third-order valence-electron chi connectivity index (χ3n) is 3.21. The van der Waals surface area contributed by atoms with Crippen molar-refractivity contribution in [3.05, 3.63) is 35.0 Å². The third kappa shape index (κ3) is 2.82. The van der Waals surface area contributed by atoms with Crippen LogP contribution in [0, 0.1) is 6.92 Å². The Kier molecular flexibility index (Phi) is 4.08. The predicted molar refractivity (Wildman–Crippen MR) is 76.7 cm³/mol. The third-order valence-corrected chi connectivity index (χ3v) is 3.21. The Morgan fingerprint density at radius 3 is 2.75 bits per heavy atom. The minimum Gasteiger partial charge on any atom is -0.477 e. The zero-order valence-corrected chi connectivity index (χ0v) is 11.6. The van der Waals surface area contributed by atoms with Crippen molar-refractivity contribution in [3.8, 4) is 0 Å². The first-order chi connectivity index (χ1) is 9.52. The number of carbonyl (C=O) groups is 2. The summed E-state index contributed by atoms with van der Waals surface area (Å²) in [7, 11) is 0. The molecule has 0 bridgehead atoms. The Bertz CT molecular complexity index is 658. The molecule has 0 saturated heterocycles. The van der Waals surface area contributed by atoms with Crippen molar-refractivity contribution >= 4 is 22.8 Å². The second-order valence-corrected chi connectivity index (χ2v) is 4.86. The van der Waals surface area contributed by atoms with Gasteiger partial charge in [-0.3, -0.25) is 4.79 Å². The monoisotopic (exact) mass is 274 g/mol. The molecule has 5 nitrogen and oxygen atoms in total. The van der Waals surface area contributed by atoms with E-state index in [0.717, 1.165) is 22.9 Å². The first-order valence-electron chi connectivity index (χ1n) is 6.64. The van der Waals surface area contributed by atoms with Gasteiger partial charge in [0.25, 0.3) is 0 Å². The number of H-pyrrole nitrogens is 1. The van der Waals surface area contributed by atoms with E-state index in [4.69, 9.17) is 0 Å². The maximum Gasteiger partial charge on any atom is 0.352 e. The van der Waals surface area contributed by atoms with Gasteiger partial charge in [-0.1, -0.05) is 18.6 Å². The summed E-state index contributed by atoms with van der Waals surface area (Å²) in [5.74, 6) is -1.08. The summed E-state index contributed by atoms with van der Waals surface area (Å²) in [6.07, 6.45) is 1.22. The Morgan fingerprint density at radius 2 is 2.10 bits per heavy atom. The number of aromatic nitrogens is 1. The van der Waals surface area contributed by atoms with Gasteiger partial charge in [-0.05, 0) is 25.5 Å². The number of aromatic amines is 1. The van der Waals surface area contributed by atoms with Crippen LogP contribution in [0.25, 0.3) is 10.9 Å². The van der Waals surface area contributed by atoms with Crippen LogP contribution >= 0.6 is 0 Å². The maximum absolute atomic E-state index is 11.6. The molecule has 0 atom stereocenters. The van der Waals surface area contributed by atoms with E-state index in [1.165, 1.54) is 0 Å². The van der Waals surface area contributed by atoms with Crippen molar-refractivity contribution in [1.29, 1.82) is 0 Å². The minimum absolute atomic E-state index is 0.0640. The summed E-state index contributed by atoms with van der Waals surface area (Å²) in [5.41, 5.74) is 2.59. The Labute approximate surface area is 117 Å². The summed E-state index contributed by atoms with van der Waals surface area (Å²) in [6.45, 7) is 4.10. The van der Waals surface area contributed by atoms with Gasteiger partial charge in [0, 0.05) is 29.4 Å². The van der Waals surface area contributed by atoms with Gasteiger partial charge in [0.1, 0.15) is 5.69 Å². The van der Waals surface area contributed by atoms with Gasteiger partial charge in [0.15, 0.2) is 0 Å². The largest absolute Gasteiger partial charge is 0.477 e. The van der Waals surface area contributed by atoms with E-state index in [-0.39, 0.29) is 18.1 Å². The number of benzene rings is 1. The van der Waals surface area contributed by atoms with Crippen LogP contribution < -0.4 is 5.32 Å². The Hall–Kier alpha value is -2.30. The number of carboxylic acid groups (broad SMARTS) is 1. The van der Waals surface area contributed by atoms with E-state index in [2.05, 4.69) is 10.3 Å². The molecule has 1 aromatic carbocycles. The number of amides is 1. The number of carboxylic acids is 1. The molecule has 0 unspecified atom stereocenters. The van der Waals surface area contributed by atoms with Gasteiger partial charge >= 0.3 is 5.97 Å². The molecule has 3 N–H and O–H groups in total. The second-order valence-electron chi connectivity index (χ2n) is 4.86. The standard InChI is InChI=1S/C15H18N2O3/c1-3-4-13(18)16-8-11-10-7-9(2)5-6-12(10)17-14(11)15(19)20/h5-7,17H,3-4,8H2,1-2H3,(H,16,18)(H,19,20). The van der Waals surface area contributed by atoms with Crippen LogP contribution in [-0.2, 0) is 11.3 Å². The fourth-order valence-electron chi connectivity index (χ4n) is 2.23. The van der Waals surface area contributed by atoms with Crippen molar-refractivity contribution in [3.63, 3.8) is 0 Å². The molecule has 0 spiro atoms. The molecule has 5 heteroatoms. The van der Waals surface area contributed by atoms with Crippen LogP contribution in [-0.4, -0.2) is 22.0 Å². The minimum atomic E-state index is -1.02. The first kappa shape index (κ1) is 14.1. The molecular weight excluding hydrogens is 256 g/mol. The molecule has 0 aliphatic heterocycles. The smallest absolute Gasteiger partial charge is 0.352 e. The Balaban J connectivity index is 2.38. The van der Waals surface area contributed by atoms with Crippen LogP contribution in [0.4, 0.5) is 0 Å². The molecule has 0 aliphatic carbocycles. The number of aryl methyl sites for hydroxylation is 1. The van der Waals surface area contributed by atoms with Gasteiger partial charge in [-0.15, -0.1) is 0 Å². The second kappa shape index (κ2) is 5.77. The van der Waals surface area contributed by atoms with Gasteiger partial charge in [0.05, 0.1) is 0 Å². The molecule has 0 radical (unpaired) electrons. The lowest BCUT2D eigenvalue weighted by Crippen LogP contribution is -2.23. The molecule has 0 fully saturated rings. The van der Waals surface area contributed by atoms with E-state index in [1.54, 1.807) is 0 Å². The lowest BCUT2D eigenvalue weighted by molar-refractivity contribution is -0.121. The molecular formula is C15H18N2O3. The topological polar surface area (TPSA) is 82.2 Å². The molecule has 2 aromatic rings. The van der Waals surface area contributed by atoms with Crippen molar-refractivity contribution in [1.82, 2.24) is 10.3 Å². The summed E-state index contributed by atoms with van der Waals surface area (Å²) < 4.78 is 0. The van der Waals surface area contributed by atoms with Crippen LogP contribution in [0.3, 0.4) is 0 Å². The van der Waals surface area contributed by atoms with Gasteiger partial charge in [-0.25, -0.2) is 4.79 Å².